The minimum Gasteiger partial charge on any atom is -0.481 e. The van der Waals surface area contributed by atoms with Gasteiger partial charge in [0, 0.05) is 0 Å². The summed E-state index contributed by atoms with van der Waals surface area (Å²) in [6.07, 6.45) is 8.85. The fraction of sp³-hybridized carbons (Fsp3) is 0.700. The van der Waals surface area contributed by atoms with Crippen molar-refractivity contribution in [3.8, 4) is 0 Å². The van der Waals surface area contributed by atoms with Gasteiger partial charge in [0.25, 0.3) is 0 Å². The van der Waals surface area contributed by atoms with Gasteiger partial charge in [-0.05, 0) is 24.7 Å². The van der Waals surface area contributed by atoms with Gasteiger partial charge in [-0.1, -0.05) is 25.5 Å². The molecule has 0 aromatic heterocycles. The number of rotatable bonds is 5. The molecule has 0 saturated heterocycles. The Morgan fingerprint density at radius 2 is 2.25 bits per heavy atom. The topological polar surface area (TPSA) is 37.3 Å². The van der Waals surface area contributed by atoms with E-state index in [1.54, 1.807) is 0 Å². The molecule has 0 aromatic rings. The van der Waals surface area contributed by atoms with Gasteiger partial charge in [0.2, 0.25) is 0 Å². The Labute approximate surface area is 73.3 Å². The summed E-state index contributed by atoms with van der Waals surface area (Å²) in [6.45, 7) is 2.13. The molecule has 68 valence electrons. The second kappa shape index (κ2) is 3.74. The van der Waals surface area contributed by atoms with Crippen LogP contribution in [0.4, 0.5) is 0 Å². The SMILES string of the molecule is CCC/C=C/C1(CC(=O)O)CC1. The maximum absolute atomic E-state index is 10.5. The third kappa shape index (κ3) is 2.68. The van der Waals surface area contributed by atoms with Gasteiger partial charge in [0.05, 0.1) is 6.42 Å². The lowest BCUT2D eigenvalue weighted by Crippen LogP contribution is -2.05. The largest absolute Gasteiger partial charge is 0.481 e. The number of carboxylic acids is 1. The number of carbonyl (C=O) groups is 1. The van der Waals surface area contributed by atoms with Crippen LogP contribution in [0.25, 0.3) is 0 Å². The molecule has 0 bridgehead atoms. The molecule has 0 spiro atoms. The highest BCUT2D eigenvalue weighted by Gasteiger charge is 2.41. The Morgan fingerprint density at radius 3 is 2.67 bits per heavy atom. The zero-order valence-corrected chi connectivity index (χ0v) is 7.55. The van der Waals surface area contributed by atoms with Crippen LogP contribution in [0.1, 0.15) is 39.0 Å². The van der Waals surface area contributed by atoms with Crippen molar-refractivity contribution in [2.75, 3.05) is 0 Å². The summed E-state index contributed by atoms with van der Waals surface area (Å²) in [4.78, 5) is 10.5. The van der Waals surface area contributed by atoms with Crippen LogP contribution < -0.4 is 0 Å². The lowest BCUT2D eigenvalue weighted by atomic mass is 10.0. The summed E-state index contributed by atoms with van der Waals surface area (Å²) < 4.78 is 0. The maximum Gasteiger partial charge on any atom is 0.304 e. The first kappa shape index (κ1) is 9.30. The Hall–Kier alpha value is -0.790. The third-order valence-corrected chi connectivity index (χ3v) is 2.32. The third-order valence-electron chi connectivity index (χ3n) is 2.32. The van der Waals surface area contributed by atoms with E-state index >= 15 is 0 Å². The standard InChI is InChI=1S/C10H16O2/c1-2-3-4-5-10(6-7-10)8-9(11)12/h4-5H,2-3,6-8H2,1H3,(H,11,12)/b5-4+. The van der Waals surface area contributed by atoms with Gasteiger partial charge in [0.15, 0.2) is 0 Å². The van der Waals surface area contributed by atoms with Crippen molar-refractivity contribution in [2.45, 2.75) is 39.0 Å². The van der Waals surface area contributed by atoms with E-state index in [0.717, 1.165) is 25.7 Å². The van der Waals surface area contributed by atoms with Crippen LogP contribution in [0.5, 0.6) is 0 Å². The molecule has 12 heavy (non-hydrogen) atoms. The number of aliphatic carboxylic acids is 1. The average Bonchev–Trinajstić information content (AvgIpc) is 2.69. The van der Waals surface area contributed by atoms with E-state index in [-0.39, 0.29) is 5.41 Å². The zero-order valence-electron chi connectivity index (χ0n) is 7.55. The Bertz CT molecular complexity index is 190. The molecule has 1 fully saturated rings. The maximum atomic E-state index is 10.5. The molecule has 1 saturated carbocycles. The van der Waals surface area contributed by atoms with Crippen LogP contribution in [-0.2, 0) is 4.79 Å². The Balaban J connectivity index is 2.34. The Morgan fingerprint density at radius 1 is 1.58 bits per heavy atom. The highest BCUT2D eigenvalue weighted by molar-refractivity contribution is 5.68. The first-order chi connectivity index (χ1) is 5.68. The summed E-state index contributed by atoms with van der Waals surface area (Å²) in [7, 11) is 0. The average molecular weight is 168 g/mol. The number of hydrogen-bond acceptors (Lipinski definition) is 1. The fourth-order valence-electron chi connectivity index (χ4n) is 1.36. The second-order valence-electron chi connectivity index (χ2n) is 3.62. The molecule has 2 heteroatoms. The molecule has 0 amide bonds. The van der Waals surface area contributed by atoms with E-state index < -0.39 is 5.97 Å². The monoisotopic (exact) mass is 168 g/mol. The fourth-order valence-corrected chi connectivity index (χ4v) is 1.36. The molecule has 0 unspecified atom stereocenters. The number of hydrogen-bond donors (Lipinski definition) is 1. The number of unbranched alkanes of at least 4 members (excludes halogenated alkanes) is 1. The van der Waals surface area contributed by atoms with Gasteiger partial charge in [-0.15, -0.1) is 0 Å². The predicted molar refractivity (Wildman–Crippen MR) is 48.0 cm³/mol. The summed E-state index contributed by atoms with van der Waals surface area (Å²) in [5, 5.41) is 8.61. The lowest BCUT2D eigenvalue weighted by Gasteiger charge is -2.04. The summed E-state index contributed by atoms with van der Waals surface area (Å²) >= 11 is 0. The van der Waals surface area contributed by atoms with Crippen molar-refractivity contribution in [3.05, 3.63) is 12.2 Å². The quantitative estimate of drug-likeness (QED) is 0.641. The molecular weight excluding hydrogens is 152 g/mol. The molecule has 0 aliphatic heterocycles. The van der Waals surface area contributed by atoms with Crippen LogP contribution in [0.15, 0.2) is 12.2 Å². The normalized spacial score (nSPS) is 19.8. The van der Waals surface area contributed by atoms with Crippen LogP contribution in [-0.4, -0.2) is 11.1 Å². The van der Waals surface area contributed by atoms with Crippen LogP contribution >= 0.6 is 0 Å². The van der Waals surface area contributed by atoms with Crippen LogP contribution in [0, 0.1) is 5.41 Å². The van der Waals surface area contributed by atoms with Crippen molar-refractivity contribution in [1.29, 1.82) is 0 Å². The molecular formula is C10H16O2. The number of carboxylic acid groups (broad SMARTS) is 1. The molecule has 0 aromatic carbocycles. The van der Waals surface area contributed by atoms with Crippen molar-refractivity contribution >= 4 is 5.97 Å². The van der Waals surface area contributed by atoms with E-state index in [1.807, 2.05) is 0 Å². The summed E-state index contributed by atoms with van der Waals surface area (Å²) in [5.74, 6) is -0.673. The zero-order chi connectivity index (χ0) is 9.03. The number of allylic oxidation sites excluding steroid dienone is 2. The van der Waals surface area contributed by atoms with E-state index in [4.69, 9.17) is 5.11 Å². The highest BCUT2D eigenvalue weighted by atomic mass is 16.4. The van der Waals surface area contributed by atoms with E-state index in [2.05, 4.69) is 19.1 Å². The second-order valence-corrected chi connectivity index (χ2v) is 3.62. The first-order valence-electron chi connectivity index (χ1n) is 4.58. The van der Waals surface area contributed by atoms with Gasteiger partial charge >= 0.3 is 5.97 Å². The molecule has 2 nitrogen and oxygen atoms in total. The molecule has 0 radical (unpaired) electrons. The van der Waals surface area contributed by atoms with Crippen molar-refractivity contribution in [1.82, 2.24) is 0 Å². The predicted octanol–water partition coefficient (Wildman–Crippen LogP) is 2.60. The van der Waals surface area contributed by atoms with Crippen molar-refractivity contribution in [3.63, 3.8) is 0 Å². The van der Waals surface area contributed by atoms with Gasteiger partial charge in [-0.25, -0.2) is 0 Å². The van der Waals surface area contributed by atoms with Gasteiger partial charge in [-0.2, -0.15) is 0 Å². The van der Waals surface area contributed by atoms with Crippen molar-refractivity contribution in [2.24, 2.45) is 5.41 Å². The van der Waals surface area contributed by atoms with Crippen LogP contribution in [0.2, 0.25) is 0 Å². The molecule has 0 atom stereocenters. The van der Waals surface area contributed by atoms with E-state index in [9.17, 15) is 4.79 Å². The molecule has 1 aliphatic rings. The Kier molecular flexibility index (Phi) is 2.90. The van der Waals surface area contributed by atoms with E-state index in [1.165, 1.54) is 0 Å². The van der Waals surface area contributed by atoms with E-state index in [0.29, 0.717) is 6.42 Å². The lowest BCUT2D eigenvalue weighted by molar-refractivity contribution is -0.138. The molecule has 1 aliphatic carbocycles. The molecule has 1 rings (SSSR count). The van der Waals surface area contributed by atoms with Crippen molar-refractivity contribution < 1.29 is 9.90 Å². The summed E-state index contributed by atoms with van der Waals surface area (Å²) in [6, 6.07) is 0. The highest BCUT2D eigenvalue weighted by Crippen LogP contribution is 2.50. The smallest absolute Gasteiger partial charge is 0.304 e. The van der Waals surface area contributed by atoms with Gasteiger partial charge in [0.1, 0.15) is 0 Å². The minimum absolute atomic E-state index is 0.0427. The van der Waals surface area contributed by atoms with Gasteiger partial charge in [-0.3, -0.25) is 4.79 Å². The molecule has 0 heterocycles. The first-order valence-corrected chi connectivity index (χ1v) is 4.58. The molecule has 1 N–H and O–H groups in total. The summed E-state index contributed by atoms with van der Waals surface area (Å²) in [5.41, 5.74) is 0.0427. The van der Waals surface area contributed by atoms with Crippen LogP contribution in [0.3, 0.4) is 0 Å². The minimum atomic E-state index is -0.673. The van der Waals surface area contributed by atoms with Gasteiger partial charge < -0.3 is 5.11 Å².